The van der Waals surface area contributed by atoms with Gasteiger partial charge in [0.15, 0.2) is 5.11 Å². The Bertz CT molecular complexity index is 656. The quantitative estimate of drug-likeness (QED) is 0.501. The maximum Gasteiger partial charge on any atom is 0.271 e. The summed E-state index contributed by atoms with van der Waals surface area (Å²) in [7, 11) is 0. The molecular formula is C13H15N5O2S. The standard InChI is InChI=1S/C13H15N5O2S/c1-2-17-12(6-7-15-17)9-14-13(21)16-10-4-3-5-11(8-10)18(19)20/h3-8H,2,9H2,1H3,(H2,14,16,21). The number of nitrogens with one attached hydrogen (secondary N) is 2. The molecule has 110 valence electrons. The second-order valence-corrected chi connectivity index (χ2v) is 4.66. The van der Waals surface area contributed by atoms with Crippen molar-refractivity contribution in [3.8, 4) is 0 Å². The van der Waals surface area contributed by atoms with Crippen LogP contribution in [0.25, 0.3) is 0 Å². The van der Waals surface area contributed by atoms with Gasteiger partial charge in [-0.3, -0.25) is 14.8 Å². The van der Waals surface area contributed by atoms with Crippen molar-refractivity contribution in [3.05, 3.63) is 52.3 Å². The summed E-state index contributed by atoms with van der Waals surface area (Å²) in [6, 6.07) is 8.10. The van der Waals surface area contributed by atoms with Crippen LogP contribution in [-0.4, -0.2) is 19.8 Å². The van der Waals surface area contributed by atoms with Gasteiger partial charge in [0.25, 0.3) is 5.69 Å². The minimum absolute atomic E-state index is 0.0202. The van der Waals surface area contributed by atoms with Crippen molar-refractivity contribution in [2.24, 2.45) is 0 Å². The zero-order valence-electron chi connectivity index (χ0n) is 11.4. The number of hydrogen-bond donors (Lipinski definition) is 2. The Hall–Kier alpha value is -2.48. The van der Waals surface area contributed by atoms with Gasteiger partial charge in [0.2, 0.25) is 0 Å². The molecule has 7 nitrogen and oxygen atoms in total. The summed E-state index contributed by atoms with van der Waals surface area (Å²) in [5.41, 5.74) is 1.61. The second-order valence-electron chi connectivity index (χ2n) is 4.25. The molecule has 0 atom stereocenters. The van der Waals surface area contributed by atoms with Gasteiger partial charge in [0.05, 0.1) is 17.2 Å². The monoisotopic (exact) mass is 305 g/mol. The first kappa shape index (κ1) is 14.9. The van der Waals surface area contributed by atoms with Crippen LogP contribution in [0.2, 0.25) is 0 Å². The van der Waals surface area contributed by atoms with E-state index in [1.807, 2.05) is 17.7 Å². The third-order valence-corrected chi connectivity index (χ3v) is 3.10. The average Bonchev–Trinajstić information content (AvgIpc) is 2.93. The summed E-state index contributed by atoms with van der Waals surface area (Å²) < 4.78 is 1.86. The molecule has 0 aliphatic rings. The predicted molar refractivity (Wildman–Crippen MR) is 84.1 cm³/mol. The highest BCUT2D eigenvalue weighted by Crippen LogP contribution is 2.16. The van der Waals surface area contributed by atoms with E-state index < -0.39 is 4.92 Å². The van der Waals surface area contributed by atoms with Crippen LogP contribution in [0.5, 0.6) is 0 Å². The molecule has 0 spiro atoms. The molecule has 1 heterocycles. The fourth-order valence-corrected chi connectivity index (χ4v) is 2.03. The van der Waals surface area contributed by atoms with Crippen LogP contribution in [-0.2, 0) is 13.1 Å². The van der Waals surface area contributed by atoms with E-state index in [1.54, 1.807) is 18.3 Å². The molecule has 0 aliphatic carbocycles. The molecule has 0 aliphatic heterocycles. The number of nitro groups is 1. The van der Waals surface area contributed by atoms with E-state index in [4.69, 9.17) is 12.2 Å². The van der Waals surface area contributed by atoms with Gasteiger partial charge in [0.1, 0.15) is 0 Å². The molecule has 2 rings (SSSR count). The lowest BCUT2D eigenvalue weighted by Crippen LogP contribution is -2.28. The Balaban J connectivity index is 1.93. The van der Waals surface area contributed by atoms with Crippen molar-refractivity contribution < 1.29 is 4.92 Å². The zero-order valence-corrected chi connectivity index (χ0v) is 12.3. The summed E-state index contributed by atoms with van der Waals surface area (Å²) in [6.07, 6.45) is 1.73. The lowest BCUT2D eigenvalue weighted by molar-refractivity contribution is -0.384. The van der Waals surface area contributed by atoms with E-state index in [0.29, 0.717) is 17.3 Å². The van der Waals surface area contributed by atoms with E-state index in [2.05, 4.69) is 15.7 Å². The minimum Gasteiger partial charge on any atom is -0.357 e. The number of benzene rings is 1. The zero-order chi connectivity index (χ0) is 15.2. The largest absolute Gasteiger partial charge is 0.357 e. The first-order chi connectivity index (χ1) is 10.1. The topological polar surface area (TPSA) is 85.0 Å². The third kappa shape index (κ3) is 3.99. The molecule has 0 saturated carbocycles. The summed E-state index contributed by atoms with van der Waals surface area (Å²) in [6.45, 7) is 3.33. The van der Waals surface area contributed by atoms with Crippen LogP contribution in [0.4, 0.5) is 11.4 Å². The highest BCUT2D eigenvalue weighted by Gasteiger charge is 2.07. The van der Waals surface area contributed by atoms with Crippen molar-refractivity contribution in [1.82, 2.24) is 15.1 Å². The molecule has 0 bridgehead atoms. The lowest BCUT2D eigenvalue weighted by Gasteiger charge is -2.11. The minimum atomic E-state index is -0.443. The van der Waals surface area contributed by atoms with Crippen molar-refractivity contribution >= 4 is 28.7 Å². The van der Waals surface area contributed by atoms with E-state index in [-0.39, 0.29) is 5.69 Å². The molecule has 0 radical (unpaired) electrons. The van der Waals surface area contributed by atoms with Crippen molar-refractivity contribution in [2.75, 3.05) is 5.32 Å². The molecule has 0 amide bonds. The summed E-state index contributed by atoms with van der Waals surface area (Å²) >= 11 is 5.18. The molecule has 0 unspecified atom stereocenters. The maximum atomic E-state index is 10.7. The Kier molecular flexibility index (Phi) is 4.83. The molecule has 21 heavy (non-hydrogen) atoms. The number of anilines is 1. The molecular weight excluding hydrogens is 290 g/mol. The SMILES string of the molecule is CCn1nccc1CNC(=S)Nc1cccc([N+](=O)[O-])c1. The fraction of sp³-hybridized carbons (Fsp3) is 0.231. The van der Waals surface area contributed by atoms with Crippen molar-refractivity contribution in [1.29, 1.82) is 0 Å². The predicted octanol–water partition coefficient (Wildman–Crippen LogP) is 2.30. The van der Waals surface area contributed by atoms with Gasteiger partial charge in [-0.1, -0.05) is 6.07 Å². The summed E-state index contributed by atoms with van der Waals surface area (Å²) in [5.74, 6) is 0. The molecule has 0 saturated heterocycles. The Morgan fingerprint density at radius 3 is 3.00 bits per heavy atom. The van der Waals surface area contributed by atoms with Gasteiger partial charge in [-0.2, -0.15) is 5.10 Å². The Labute approximate surface area is 127 Å². The first-order valence-corrected chi connectivity index (χ1v) is 6.81. The van der Waals surface area contributed by atoms with Crippen molar-refractivity contribution in [3.63, 3.8) is 0 Å². The molecule has 8 heteroatoms. The lowest BCUT2D eigenvalue weighted by atomic mass is 10.3. The van der Waals surface area contributed by atoms with Gasteiger partial charge < -0.3 is 10.6 Å². The number of nitrogens with zero attached hydrogens (tertiary/aromatic N) is 3. The van der Waals surface area contributed by atoms with E-state index in [1.165, 1.54) is 12.1 Å². The highest BCUT2D eigenvalue weighted by atomic mass is 32.1. The van der Waals surface area contributed by atoms with Crippen LogP contribution in [0.15, 0.2) is 36.5 Å². The molecule has 1 aromatic heterocycles. The van der Waals surface area contributed by atoms with Crippen LogP contribution in [0, 0.1) is 10.1 Å². The Morgan fingerprint density at radius 2 is 2.29 bits per heavy atom. The van der Waals surface area contributed by atoms with Crippen LogP contribution in [0.3, 0.4) is 0 Å². The van der Waals surface area contributed by atoms with E-state index in [0.717, 1.165) is 12.2 Å². The van der Waals surface area contributed by atoms with Gasteiger partial charge in [-0.05, 0) is 31.3 Å². The second kappa shape index (κ2) is 6.80. The van der Waals surface area contributed by atoms with E-state index in [9.17, 15) is 10.1 Å². The maximum absolute atomic E-state index is 10.7. The van der Waals surface area contributed by atoms with Crippen LogP contribution in [0.1, 0.15) is 12.6 Å². The Morgan fingerprint density at radius 1 is 1.48 bits per heavy atom. The normalized spacial score (nSPS) is 10.1. The number of aryl methyl sites for hydroxylation is 1. The highest BCUT2D eigenvalue weighted by molar-refractivity contribution is 7.80. The van der Waals surface area contributed by atoms with Crippen LogP contribution < -0.4 is 10.6 Å². The molecule has 0 fully saturated rings. The van der Waals surface area contributed by atoms with Gasteiger partial charge >= 0.3 is 0 Å². The molecule has 1 aromatic carbocycles. The smallest absolute Gasteiger partial charge is 0.271 e. The number of thiocarbonyl (C=S) groups is 1. The number of non-ortho nitro benzene ring substituents is 1. The van der Waals surface area contributed by atoms with Gasteiger partial charge in [-0.15, -0.1) is 0 Å². The fourth-order valence-electron chi connectivity index (χ4n) is 1.84. The first-order valence-electron chi connectivity index (χ1n) is 6.40. The number of nitro benzene ring substituents is 1. The number of rotatable bonds is 5. The number of hydrogen-bond acceptors (Lipinski definition) is 4. The van der Waals surface area contributed by atoms with Gasteiger partial charge in [0, 0.05) is 30.6 Å². The molecule has 2 N–H and O–H groups in total. The van der Waals surface area contributed by atoms with Crippen molar-refractivity contribution in [2.45, 2.75) is 20.0 Å². The van der Waals surface area contributed by atoms with Gasteiger partial charge in [-0.25, -0.2) is 0 Å². The summed E-state index contributed by atoms with van der Waals surface area (Å²) in [5, 5.41) is 21.2. The third-order valence-electron chi connectivity index (χ3n) is 2.85. The van der Waals surface area contributed by atoms with E-state index >= 15 is 0 Å². The average molecular weight is 305 g/mol. The summed E-state index contributed by atoms with van der Waals surface area (Å²) in [4.78, 5) is 10.3. The van der Waals surface area contributed by atoms with Crippen LogP contribution >= 0.6 is 12.2 Å². The number of aromatic nitrogens is 2. The molecule has 2 aromatic rings.